The molecular weight excluding hydrogens is 252 g/mol. The number of rotatable bonds is 5. The monoisotopic (exact) mass is 268 g/mol. The van der Waals surface area contributed by atoms with Gasteiger partial charge in [0.15, 0.2) is 0 Å². The van der Waals surface area contributed by atoms with E-state index in [0.717, 1.165) is 19.4 Å². The highest BCUT2D eigenvalue weighted by Gasteiger charge is 2.23. The van der Waals surface area contributed by atoms with Crippen LogP contribution in [-0.4, -0.2) is 34.1 Å². The molecule has 1 atom stereocenters. The van der Waals surface area contributed by atoms with Gasteiger partial charge in [0.1, 0.15) is 5.69 Å². The van der Waals surface area contributed by atoms with E-state index in [1.54, 1.807) is 0 Å². The van der Waals surface area contributed by atoms with Crippen LogP contribution in [0.5, 0.6) is 0 Å². The number of hydrazine groups is 1. The van der Waals surface area contributed by atoms with Gasteiger partial charge in [0.05, 0.1) is 11.0 Å². The van der Waals surface area contributed by atoms with Crippen LogP contribution < -0.4 is 16.6 Å². The number of aryl methyl sites for hydroxylation is 1. The SMILES string of the molecule is Cc1nc(NN)nc(NCC2CCCO2)c1[N+](=O)[O-]. The zero-order valence-electron chi connectivity index (χ0n) is 10.5. The van der Waals surface area contributed by atoms with Crippen LogP contribution in [0.15, 0.2) is 0 Å². The Morgan fingerprint density at radius 2 is 2.37 bits per heavy atom. The molecule has 9 nitrogen and oxygen atoms in total. The number of nitro groups is 1. The number of ether oxygens (including phenoxy) is 1. The molecule has 0 aromatic carbocycles. The van der Waals surface area contributed by atoms with E-state index < -0.39 is 4.92 Å². The summed E-state index contributed by atoms with van der Waals surface area (Å²) >= 11 is 0. The molecule has 19 heavy (non-hydrogen) atoms. The van der Waals surface area contributed by atoms with Gasteiger partial charge >= 0.3 is 5.69 Å². The molecular formula is C10H16N6O3. The van der Waals surface area contributed by atoms with Gasteiger partial charge in [-0.15, -0.1) is 0 Å². The molecule has 2 rings (SSSR count). The molecule has 0 aliphatic carbocycles. The molecule has 1 aromatic heterocycles. The van der Waals surface area contributed by atoms with E-state index in [2.05, 4.69) is 20.7 Å². The Balaban J connectivity index is 2.20. The maximum absolute atomic E-state index is 11.0. The predicted octanol–water partition coefficient (Wildman–Crippen LogP) is 0.570. The maximum Gasteiger partial charge on any atom is 0.332 e. The van der Waals surface area contributed by atoms with Crippen molar-refractivity contribution >= 4 is 17.5 Å². The van der Waals surface area contributed by atoms with Crippen molar-refractivity contribution < 1.29 is 9.66 Å². The average molecular weight is 268 g/mol. The fourth-order valence-electron chi connectivity index (χ4n) is 1.99. The van der Waals surface area contributed by atoms with Crippen LogP contribution in [0.25, 0.3) is 0 Å². The lowest BCUT2D eigenvalue weighted by molar-refractivity contribution is -0.385. The highest BCUT2D eigenvalue weighted by Crippen LogP contribution is 2.26. The highest BCUT2D eigenvalue weighted by atomic mass is 16.6. The second kappa shape index (κ2) is 5.76. The first-order chi connectivity index (χ1) is 9.11. The molecule has 0 saturated carbocycles. The van der Waals surface area contributed by atoms with Crippen molar-refractivity contribution in [2.24, 2.45) is 5.84 Å². The summed E-state index contributed by atoms with van der Waals surface area (Å²) in [7, 11) is 0. The summed E-state index contributed by atoms with van der Waals surface area (Å²) < 4.78 is 5.45. The van der Waals surface area contributed by atoms with E-state index in [9.17, 15) is 10.1 Å². The van der Waals surface area contributed by atoms with Gasteiger partial charge in [-0.05, 0) is 19.8 Å². The Morgan fingerprint density at radius 1 is 1.58 bits per heavy atom. The van der Waals surface area contributed by atoms with Gasteiger partial charge in [-0.3, -0.25) is 15.5 Å². The first-order valence-electron chi connectivity index (χ1n) is 5.97. The number of nitrogens with zero attached hydrogens (tertiary/aromatic N) is 3. The third kappa shape index (κ3) is 3.06. The lowest BCUT2D eigenvalue weighted by Gasteiger charge is -2.12. The second-order valence-electron chi connectivity index (χ2n) is 4.25. The van der Waals surface area contributed by atoms with E-state index in [0.29, 0.717) is 6.54 Å². The molecule has 0 amide bonds. The van der Waals surface area contributed by atoms with E-state index in [-0.39, 0.29) is 29.3 Å². The summed E-state index contributed by atoms with van der Waals surface area (Å²) in [5.41, 5.74) is 2.40. The van der Waals surface area contributed by atoms with E-state index in [1.807, 2.05) is 0 Å². The first kappa shape index (κ1) is 13.4. The van der Waals surface area contributed by atoms with Gasteiger partial charge in [-0.2, -0.15) is 4.98 Å². The van der Waals surface area contributed by atoms with E-state index in [1.165, 1.54) is 6.92 Å². The summed E-state index contributed by atoms with van der Waals surface area (Å²) in [5, 5.41) is 14.0. The Morgan fingerprint density at radius 3 is 2.95 bits per heavy atom. The summed E-state index contributed by atoms with van der Waals surface area (Å²) in [5.74, 6) is 5.53. The molecule has 9 heteroatoms. The fourth-order valence-corrected chi connectivity index (χ4v) is 1.99. The summed E-state index contributed by atoms with van der Waals surface area (Å²) in [6, 6.07) is 0. The number of hydrogen-bond acceptors (Lipinski definition) is 8. The molecule has 1 aliphatic rings. The topological polar surface area (TPSA) is 128 Å². The van der Waals surface area contributed by atoms with Crippen molar-refractivity contribution in [3.8, 4) is 0 Å². The average Bonchev–Trinajstić information content (AvgIpc) is 2.88. The standard InChI is InChI=1S/C10H16N6O3/c1-6-8(16(17)18)9(14-10(13-6)15-11)12-5-7-3-2-4-19-7/h7H,2-5,11H2,1H3,(H2,12,13,14,15). The van der Waals surface area contributed by atoms with Gasteiger partial charge in [-0.1, -0.05) is 0 Å². The molecule has 0 spiro atoms. The van der Waals surface area contributed by atoms with Crippen LogP contribution >= 0.6 is 0 Å². The molecule has 1 aromatic rings. The maximum atomic E-state index is 11.0. The normalized spacial score (nSPS) is 18.3. The van der Waals surface area contributed by atoms with Gasteiger partial charge in [0.25, 0.3) is 0 Å². The largest absolute Gasteiger partial charge is 0.376 e. The zero-order chi connectivity index (χ0) is 13.8. The molecule has 104 valence electrons. The van der Waals surface area contributed by atoms with Crippen LogP contribution in [0.3, 0.4) is 0 Å². The minimum absolute atomic E-state index is 0.0594. The molecule has 0 bridgehead atoms. The quantitative estimate of drug-likeness (QED) is 0.401. The first-order valence-corrected chi connectivity index (χ1v) is 5.97. The van der Waals surface area contributed by atoms with Crippen molar-refractivity contribution in [3.05, 3.63) is 15.8 Å². The third-order valence-electron chi connectivity index (χ3n) is 2.89. The molecule has 1 unspecified atom stereocenters. The molecule has 1 aliphatic heterocycles. The Hall–Kier alpha value is -2.00. The smallest absolute Gasteiger partial charge is 0.332 e. The molecule has 2 heterocycles. The van der Waals surface area contributed by atoms with Crippen molar-refractivity contribution in [1.29, 1.82) is 0 Å². The van der Waals surface area contributed by atoms with E-state index >= 15 is 0 Å². The van der Waals surface area contributed by atoms with Gasteiger partial charge < -0.3 is 10.1 Å². The summed E-state index contributed by atoms with van der Waals surface area (Å²) in [6.45, 7) is 2.74. The minimum atomic E-state index is -0.506. The number of hydrogen-bond donors (Lipinski definition) is 3. The van der Waals surface area contributed by atoms with Gasteiger partial charge in [-0.25, -0.2) is 10.8 Å². The lowest BCUT2D eigenvalue weighted by atomic mass is 10.2. The Labute approximate surface area is 109 Å². The molecule has 1 saturated heterocycles. The molecule has 0 radical (unpaired) electrons. The number of nitrogens with two attached hydrogens (primary N) is 1. The summed E-state index contributed by atoms with van der Waals surface area (Å²) in [6.07, 6.45) is 2.00. The van der Waals surface area contributed by atoms with Crippen LogP contribution in [0, 0.1) is 17.0 Å². The zero-order valence-corrected chi connectivity index (χ0v) is 10.5. The Kier molecular flexibility index (Phi) is 4.07. The van der Waals surface area contributed by atoms with Gasteiger partial charge in [0, 0.05) is 13.2 Å². The lowest BCUT2D eigenvalue weighted by Crippen LogP contribution is -2.21. The fraction of sp³-hybridized carbons (Fsp3) is 0.600. The minimum Gasteiger partial charge on any atom is -0.376 e. The number of anilines is 2. The van der Waals surface area contributed by atoms with Crippen molar-refractivity contribution in [2.75, 3.05) is 23.9 Å². The van der Waals surface area contributed by atoms with E-state index in [4.69, 9.17) is 10.6 Å². The van der Waals surface area contributed by atoms with Crippen LogP contribution in [-0.2, 0) is 4.74 Å². The number of aromatic nitrogens is 2. The van der Waals surface area contributed by atoms with Crippen LogP contribution in [0.4, 0.5) is 17.5 Å². The molecule has 1 fully saturated rings. The third-order valence-corrected chi connectivity index (χ3v) is 2.89. The number of nitrogen functional groups attached to an aromatic ring is 1. The van der Waals surface area contributed by atoms with Gasteiger partial charge in [0.2, 0.25) is 11.8 Å². The summed E-state index contributed by atoms with van der Waals surface area (Å²) in [4.78, 5) is 18.4. The molecule has 4 N–H and O–H groups in total. The van der Waals surface area contributed by atoms with Crippen LogP contribution in [0.2, 0.25) is 0 Å². The second-order valence-corrected chi connectivity index (χ2v) is 4.25. The Bertz CT molecular complexity index is 475. The van der Waals surface area contributed by atoms with Crippen molar-refractivity contribution in [2.45, 2.75) is 25.9 Å². The van der Waals surface area contributed by atoms with Crippen LogP contribution in [0.1, 0.15) is 18.5 Å². The highest BCUT2D eigenvalue weighted by molar-refractivity contribution is 5.60. The van der Waals surface area contributed by atoms with Crippen molar-refractivity contribution in [3.63, 3.8) is 0 Å². The predicted molar refractivity (Wildman–Crippen MR) is 68.7 cm³/mol. The number of nitrogens with one attached hydrogen (secondary N) is 2. The van der Waals surface area contributed by atoms with Crippen molar-refractivity contribution in [1.82, 2.24) is 9.97 Å².